The van der Waals surface area contributed by atoms with E-state index >= 15 is 0 Å². The van der Waals surface area contributed by atoms with Gasteiger partial charge in [-0.3, -0.25) is 9.59 Å². The van der Waals surface area contributed by atoms with E-state index < -0.39 is 6.04 Å². The van der Waals surface area contributed by atoms with E-state index in [1.54, 1.807) is 6.92 Å². The lowest BCUT2D eigenvalue weighted by Gasteiger charge is -2.17. The van der Waals surface area contributed by atoms with Crippen LogP contribution >= 0.6 is 12.4 Å². The molecule has 20 heavy (non-hydrogen) atoms. The maximum Gasteiger partial charge on any atom is 0.242 e. The number of amides is 2. The van der Waals surface area contributed by atoms with E-state index in [1.165, 1.54) is 0 Å². The van der Waals surface area contributed by atoms with Gasteiger partial charge in [0.15, 0.2) is 0 Å². The summed E-state index contributed by atoms with van der Waals surface area (Å²) < 4.78 is 0. The van der Waals surface area contributed by atoms with Crippen molar-refractivity contribution in [2.75, 3.05) is 6.54 Å². The summed E-state index contributed by atoms with van der Waals surface area (Å²) in [6.45, 7) is 6.38. The van der Waals surface area contributed by atoms with Crippen molar-refractivity contribution in [2.24, 2.45) is 5.73 Å². The maximum absolute atomic E-state index is 11.7. The van der Waals surface area contributed by atoms with Crippen LogP contribution in [-0.4, -0.2) is 30.4 Å². The van der Waals surface area contributed by atoms with E-state index in [4.69, 9.17) is 5.73 Å². The van der Waals surface area contributed by atoms with Gasteiger partial charge < -0.3 is 16.4 Å². The van der Waals surface area contributed by atoms with Gasteiger partial charge >= 0.3 is 0 Å². The van der Waals surface area contributed by atoms with E-state index in [2.05, 4.69) is 10.6 Å². The van der Waals surface area contributed by atoms with E-state index in [0.717, 1.165) is 32.1 Å². The quantitative estimate of drug-likeness (QED) is 0.537. The van der Waals surface area contributed by atoms with E-state index in [9.17, 15) is 9.59 Å². The summed E-state index contributed by atoms with van der Waals surface area (Å²) in [4.78, 5) is 23.4. The molecule has 0 bridgehead atoms. The number of rotatable bonds is 10. The molecule has 120 valence electrons. The number of carbonyl (C=O) groups is 2. The Labute approximate surface area is 128 Å². The van der Waals surface area contributed by atoms with Crippen LogP contribution in [0.15, 0.2) is 0 Å². The van der Waals surface area contributed by atoms with Gasteiger partial charge in [0, 0.05) is 12.5 Å². The van der Waals surface area contributed by atoms with E-state index in [1.807, 2.05) is 13.8 Å². The zero-order chi connectivity index (χ0) is 14.7. The zero-order valence-electron chi connectivity index (χ0n) is 12.9. The number of halogens is 1. The molecule has 0 radical (unpaired) electrons. The minimum Gasteiger partial charge on any atom is -0.352 e. The first-order valence-corrected chi connectivity index (χ1v) is 7.31. The van der Waals surface area contributed by atoms with Crippen molar-refractivity contribution in [3.05, 3.63) is 0 Å². The number of unbranched alkanes of at least 4 members (excludes halogenated alkanes) is 3. The average Bonchev–Trinajstić information content (AvgIpc) is 2.38. The number of hydrogen-bond donors (Lipinski definition) is 3. The molecule has 0 aromatic heterocycles. The normalized spacial score (nSPS) is 13.0. The molecular formula is C14H30ClN3O2. The summed E-state index contributed by atoms with van der Waals surface area (Å²) in [7, 11) is 0. The number of carbonyl (C=O) groups excluding carboxylic acids is 2. The molecule has 0 heterocycles. The van der Waals surface area contributed by atoms with Gasteiger partial charge in [0.05, 0.1) is 0 Å². The molecular weight excluding hydrogens is 278 g/mol. The van der Waals surface area contributed by atoms with Crippen molar-refractivity contribution in [2.45, 2.75) is 71.4 Å². The Balaban J connectivity index is 0. The van der Waals surface area contributed by atoms with Crippen LogP contribution in [0.25, 0.3) is 0 Å². The number of nitrogens with one attached hydrogen (secondary N) is 2. The fourth-order valence-corrected chi connectivity index (χ4v) is 1.63. The summed E-state index contributed by atoms with van der Waals surface area (Å²) in [5.41, 5.74) is 5.40. The third-order valence-corrected chi connectivity index (χ3v) is 3.13. The predicted octanol–water partition coefficient (Wildman–Crippen LogP) is 1.74. The highest BCUT2D eigenvalue weighted by Crippen LogP contribution is 2.02. The molecule has 2 unspecified atom stereocenters. The van der Waals surface area contributed by atoms with Gasteiger partial charge in [0.1, 0.15) is 6.04 Å². The SMILES string of the molecule is CCC(C)NC(=O)C(C)NC(=O)CCCCCCN.Cl. The van der Waals surface area contributed by atoms with Crippen LogP contribution in [0.3, 0.4) is 0 Å². The lowest BCUT2D eigenvalue weighted by molar-refractivity contribution is -0.129. The molecule has 0 aliphatic rings. The Hall–Kier alpha value is -0.810. The minimum atomic E-state index is -0.467. The van der Waals surface area contributed by atoms with Gasteiger partial charge in [-0.1, -0.05) is 19.8 Å². The van der Waals surface area contributed by atoms with Gasteiger partial charge in [-0.25, -0.2) is 0 Å². The number of nitrogens with two attached hydrogens (primary N) is 1. The van der Waals surface area contributed by atoms with Crippen LogP contribution in [0.2, 0.25) is 0 Å². The lowest BCUT2D eigenvalue weighted by atomic mass is 10.1. The van der Waals surface area contributed by atoms with Crippen LogP contribution < -0.4 is 16.4 Å². The maximum atomic E-state index is 11.7. The van der Waals surface area contributed by atoms with Gasteiger partial charge in [-0.15, -0.1) is 12.4 Å². The average molecular weight is 308 g/mol. The summed E-state index contributed by atoms with van der Waals surface area (Å²) in [5.74, 6) is -0.176. The lowest BCUT2D eigenvalue weighted by Crippen LogP contribution is -2.47. The van der Waals surface area contributed by atoms with Crippen LogP contribution in [0, 0.1) is 0 Å². The highest BCUT2D eigenvalue weighted by atomic mass is 35.5. The molecule has 2 atom stereocenters. The molecule has 0 fully saturated rings. The molecule has 0 aromatic rings. The molecule has 0 saturated carbocycles. The number of hydrogen-bond acceptors (Lipinski definition) is 3. The van der Waals surface area contributed by atoms with Crippen molar-refractivity contribution in [3.8, 4) is 0 Å². The summed E-state index contributed by atoms with van der Waals surface area (Å²) in [6, 6.07) is -0.325. The Morgan fingerprint density at radius 3 is 2.20 bits per heavy atom. The van der Waals surface area contributed by atoms with Gasteiger partial charge in [0.2, 0.25) is 11.8 Å². The second kappa shape index (κ2) is 13.2. The fourth-order valence-electron chi connectivity index (χ4n) is 1.63. The van der Waals surface area contributed by atoms with Crippen molar-refractivity contribution < 1.29 is 9.59 Å². The smallest absolute Gasteiger partial charge is 0.242 e. The van der Waals surface area contributed by atoms with Gasteiger partial charge in [-0.2, -0.15) is 0 Å². The van der Waals surface area contributed by atoms with E-state index in [-0.39, 0.29) is 30.3 Å². The molecule has 0 spiro atoms. The van der Waals surface area contributed by atoms with Crippen LogP contribution in [0.1, 0.15) is 59.3 Å². The highest BCUT2D eigenvalue weighted by Gasteiger charge is 2.16. The molecule has 6 heteroatoms. The highest BCUT2D eigenvalue weighted by molar-refractivity contribution is 5.87. The Morgan fingerprint density at radius 1 is 1.05 bits per heavy atom. The Kier molecular flexibility index (Phi) is 14.2. The van der Waals surface area contributed by atoms with E-state index in [0.29, 0.717) is 13.0 Å². The topological polar surface area (TPSA) is 84.2 Å². The predicted molar refractivity (Wildman–Crippen MR) is 84.9 cm³/mol. The zero-order valence-corrected chi connectivity index (χ0v) is 13.7. The second-order valence-corrected chi connectivity index (χ2v) is 5.06. The third kappa shape index (κ3) is 11.1. The molecule has 0 saturated heterocycles. The Morgan fingerprint density at radius 2 is 1.65 bits per heavy atom. The molecule has 0 aliphatic heterocycles. The minimum absolute atomic E-state index is 0. The second-order valence-electron chi connectivity index (χ2n) is 5.06. The van der Waals surface area contributed by atoms with Gasteiger partial charge in [-0.05, 0) is 39.7 Å². The largest absolute Gasteiger partial charge is 0.352 e. The Bertz CT molecular complexity index is 275. The fraction of sp³-hybridized carbons (Fsp3) is 0.857. The molecule has 0 aromatic carbocycles. The first-order valence-electron chi connectivity index (χ1n) is 7.31. The molecule has 0 rings (SSSR count). The van der Waals surface area contributed by atoms with Crippen molar-refractivity contribution in [1.82, 2.24) is 10.6 Å². The molecule has 4 N–H and O–H groups in total. The van der Waals surface area contributed by atoms with Crippen molar-refractivity contribution in [3.63, 3.8) is 0 Å². The summed E-state index contributed by atoms with van der Waals surface area (Å²) in [6.07, 6.45) is 5.30. The third-order valence-electron chi connectivity index (χ3n) is 3.13. The van der Waals surface area contributed by atoms with Crippen LogP contribution in [-0.2, 0) is 9.59 Å². The van der Waals surface area contributed by atoms with Crippen LogP contribution in [0.5, 0.6) is 0 Å². The molecule has 0 aliphatic carbocycles. The van der Waals surface area contributed by atoms with Crippen molar-refractivity contribution >= 4 is 24.2 Å². The van der Waals surface area contributed by atoms with Crippen LogP contribution in [0.4, 0.5) is 0 Å². The first-order chi connectivity index (χ1) is 9.01. The summed E-state index contributed by atoms with van der Waals surface area (Å²) >= 11 is 0. The molecule has 2 amide bonds. The van der Waals surface area contributed by atoms with Crippen molar-refractivity contribution in [1.29, 1.82) is 0 Å². The summed E-state index contributed by atoms with van der Waals surface area (Å²) in [5, 5.41) is 5.58. The monoisotopic (exact) mass is 307 g/mol. The standard InChI is InChI=1S/C14H29N3O2.ClH/c1-4-11(2)16-14(19)12(3)17-13(18)9-7-5-6-8-10-15;/h11-12H,4-10,15H2,1-3H3,(H,16,19)(H,17,18);1H. The molecule has 5 nitrogen and oxygen atoms in total. The first kappa shape index (κ1) is 21.5. The van der Waals surface area contributed by atoms with Gasteiger partial charge in [0.25, 0.3) is 0 Å².